The summed E-state index contributed by atoms with van der Waals surface area (Å²) in [5.74, 6) is 0. The third-order valence-corrected chi connectivity index (χ3v) is 1.88. The third kappa shape index (κ3) is 0.812. The molecule has 1 saturated heterocycles. The molecular weight excluding hydrogens is 116 g/mol. The molecule has 50 valence electrons. The third-order valence-electron chi connectivity index (χ3n) is 1.88. The van der Waals surface area contributed by atoms with E-state index >= 15 is 0 Å². The Hall–Kier alpha value is -0.570. The average Bonchev–Trinajstić information content (AvgIpc) is 2.33. The van der Waals surface area contributed by atoms with Crippen molar-refractivity contribution in [3.8, 4) is 0 Å². The van der Waals surface area contributed by atoms with Gasteiger partial charge in [-0.2, -0.15) is 0 Å². The van der Waals surface area contributed by atoms with Gasteiger partial charge in [0, 0.05) is 6.54 Å². The van der Waals surface area contributed by atoms with Gasteiger partial charge in [0.2, 0.25) is 0 Å². The van der Waals surface area contributed by atoms with Crippen molar-refractivity contribution in [2.75, 3.05) is 13.1 Å². The Bertz CT molecular complexity index is 135. The smallest absolute Gasteiger partial charge is 0.170 e. The lowest BCUT2D eigenvalue weighted by molar-refractivity contribution is 0.167. The fraction of sp³-hybridized carbons (Fsp3) is 0.833. The summed E-state index contributed by atoms with van der Waals surface area (Å²) in [5, 5.41) is 3.26. The highest BCUT2D eigenvalue weighted by Crippen LogP contribution is 2.14. The molecule has 2 heterocycles. The van der Waals surface area contributed by atoms with Crippen molar-refractivity contribution in [2.24, 2.45) is 4.99 Å². The van der Waals surface area contributed by atoms with Gasteiger partial charge >= 0.3 is 0 Å². The number of hydrogen-bond acceptors (Lipinski definition) is 3. The Kier molecular flexibility index (Phi) is 1.16. The summed E-state index contributed by atoms with van der Waals surface area (Å²) in [6.45, 7) is 2.06. The quantitative estimate of drug-likeness (QED) is 0.486. The zero-order valence-corrected chi connectivity index (χ0v) is 5.21. The number of ether oxygens (including phenoxy) is 1. The topological polar surface area (TPSA) is 33.6 Å². The molecule has 2 unspecified atom stereocenters. The molecule has 1 fully saturated rings. The van der Waals surface area contributed by atoms with Crippen molar-refractivity contribution in [1.82, 2.24) is 5.32 Å². The molecule has 0 bridgehead atoms. The van der Waals surface area contributed by atoms with Gasteiger partial charge in [-0.3, -0.25) is 0 Å². The van der Waals surface area contributed by atoms with Crippen molar-refractivity contribution < 1.29 is 4.74 Å². The molecule has 2 aliphatic heterocycles. The molecule has 0 aromatic rings. The first-order chi connectivity index (χ1) is 4.47. The molecule has 0 saturated carbocycles. The maximum absolute atomic E-state index is 5.23. The second-order valence-electron chi connectivity index (χ2n) is 2.49. The van der Waals surface area contributed by atoms with E-state index in [0.29, 0.717) is 12.1 Å². The van der Waals surface area contributed by atoms with Crippen LogP contribution in [0.25, 0.3) is 0 Å². The first kappa shape index (κ1) is 5.23. The Morgan fingerprint density at radius 1 is 1.67 bits per heavy atom. The largest absolute Gasteiger partial charge is 0.478 e. The molecular formula is C6H10N2O. The molecule has 0 radical (unpaired) electrons. The molecule has 2 rings (SSSR count). The van der Waals surface area contributed by atoms with E-state index in [1.807, 2.05) is 0 Å². The SMILES string of the molecule is C1=NC2CNCCC2O1. The van der Waals surface area contributed by atoms with Crippen LogP contribution in [0.2, 0.25) is 0 Å². The van der Waals surface area contributed by atoms with Crippen LogP contribution in [0.5, 0.6) is 0 Å². The van der Waals surface area contributed by atoms with Crippen LogP contribution in [0.15, 0.2) is 4.99 Å². The Morgan fingerprint density at radius 2 is 2.67 bits per heavy atom. The molecule has 3 nitrogen and oxygen atoms in total. The lowest BCUT2D eigenvalue weighted by atomic mass is 10.1. The van der Waals surface area contributed by atoms with Gasteiger partial charge in [0.05, 0.1) is 0 Å². The summed E-state index contributed by atoms with van der Waals surface area (Å²) in [5.41, 5.74) is 0. The van der Waals surface area contributed by atoms with Crippen LogP contribution >= 0.6 is 0 Å². The number of fused-ring (bicyclic) bond motifs is 1. The zero-order valence-electron chi connectivity index (χ0n) is 5.21. The van der Waals surface area contributed by atoms with Crippen molar-refractivity contribution in [3.63, 3.8) is 0 Å². The standard InChI is InChI=1S/C6H10N2O/c1-2-7-3-5-6(1)9-4-8-5/h4-7H,1-3H2. The predicted octanol–water partition coefficient (Wildman–Crippen LogP) is -0.225. The minimum absolute atomic E-state index is 0.381. The second kappa shape index (κ2) is 1.99. The first-order valence-electron chi connectivity index (χ1n) is 3.34. The normalized spacial score (nSPS) is 40.0. The highest BCUT2D eigenvalue weighted by molar-refractivity contribution is 5.50. The number of nitrogens with zero attached hydrogens (tertiary/aromatic N) is 1. The van der Waals surface area contributed by atoms with Crippen molar-refractivity contribution in [2.45, 2.75) is 18.6 Å². The summed E-state index contributed by atoms with van der Waals surface area (Å²) in [6.07, 6.45) is 3.07. The molecule has 0 aromatic carbocycles. The predicted molar refractivity (Wildman–Crippen MR) is 34.6 cm³/mol. The molecule has 1 N–H and O–H groups in total. The van der Waals surface area contributed by atoms with E-state index in [1.54, 1.807) is 6.40 Å². The Balaban J connectivity index is 2.03. The molecule has 9 heavy (non-hydrogen) atoms. The minimum atomic E-state index is 0.381. The van der Waals surface area contributed by atoms with E-state index in [0.717, 1.165) is 19.5 Å². The van der Waals surface area contributed by atoms with Crippen LogP contribution in [0.3, 0.4) is 0 Å². The van der Waals surface area contributed by atoms with Gasteiger partial charge in [-0.1, -0.05) is 0 Å². The number of aliphatic imine (C=N–C) groups is 1. The molecule has 3 heteroatoms. The van der Waals surface area contributed by atoms with Crippen molar-refractivity contribution in [3.05, 3.63) is 0 Å². The molecule has 0 spiro atoms. The summed E-state index contributed by atoms with van der Waals surface area (Å²) in [7, 11) is 0. The number of rotatable bonds is 0. The lowest BCUT2D eigenvalue weighted by Gasteiger charge is -2.22. The van der Waals surface area contributed by atoms with Gasteiger partial charge in [0.25, 0.3) is 0 Å². The number of piperidine rings is 1. The number of hydrogen-bond donors (Lipinski definition) is 1. The highest BCUT2D eigenvalue weighted by atomic mass is 16.5. The molecule has 2 atom stereocenters. The fourth-order valence-electron chi connectivity index (χ4n) is 1.32. The average molecular weight is 126 g/mol. The Morgan fingerprint density at radius 3 is 3.56 bits per heavy atom. The fourth-order valence-corrected chi connectivity index (χ4v) is 1.32. The summed E-state index contributed by atoms with van der Waals surface area (Å²) in [4.78, 5) is 4.15. The van der Waals surface area contributed by atoms with Gasteiger partial charge in [-0.25, -0.2) is 4.99 Å². The van der Waals surface area contributed by atoms with Crippen LogP contribution in [-0.4, -0.2) is 31.6 Å². The van der Waals surface area contributed by atoms with E-state index in [1.165, 1.54) is 0 Å². The van der Waals surface area contributed by atoms with Crippen LogP contribution in [0, 0.1) is 0 Å². The van der Waals surface area contributed by atoms with Crippen molar-refractivity contribution >= 4 is 6.40 Å². The molecule has 0 aromatic heterocycles. The first-order valence-corrected chi connectivity index (χ1v) is 3.34. The van der Waals surface area contributed by atoms with E-state index in [-0.39, 0.29) is 0 Å². The summed E-state index contributed by atoms with van der Waals surface area (Å²) in [6, 6.07) is 0.402. The summed E-state index contributed by atoms with van der Waals surface area (Å²) < 4.78 is 5.23. The van der Waals surface area contributed by atoms with Crippen LogP contribution in [-0.2, 0) is 4.74 Å². The highest BCUT2D eigenvalue weighted by Gasteiger charge is 2.28. The van der Waals surface area contributed by atoms with Gasteiger partial charge < -0.3 is 10.1 Å². The zero-order chi connectivity index (χ0) is 6.10. The van der Waals surface area contributed by atoms with E-state index < -0.39 is 0 Å². The summed E-state index contributed by atoms with van der Waals surface area (Å²) >= 11 is 0. The molecule has 0 aliphatic carbocycles. The second-order valence-corrected chi connectivity index (χ2v) is 2.49. The number of nitrogens with one attached hydrogen (secondary N) is 1. The van der Waals surface area contributed by atoms with Crippen LogP contribution < -0.4 is 5.32 Å². The molecule has 2 aliphatic rings. The minimum Gasteiger partial charge on any atom is -0.478 e. The monoisotopic (exact) mass is 126 g/mol. The van der Waals surface area contributed by atoms with Gasteiger partial charge in [0.1, 0.15) is 12.1 Å². The maximum atomic E-state index is 5.23. The van der Waals surface area contributed by atoms with E-state index in [4.69, 9.17) is 4.74 Å². The van der Waals surface area contributed by atoms with Crippen LogP contribution in [0.1, 0.15) is 6.42 Å². The van der Waals surface area contributed by atoms with E-state index in [2.05, 4.69) is 10.3 Å². The van der Waals surface area contributed by atoms with Crippen molar-refractivity contribution in [1.29, 1.82) is 0 Å². The molecule has 0 amide bonds. The van der Waals surface area contributed by atoms with Gasteiger partial charge in [-0.15, -0.1) is 0 Å². The van der Waals surface area contributed by atoms with Crippen LogP contribution in [0.4, 0.5) is 0 Å². The lowest BCUT2D eigenvalue weighted by Crippen LogP contribution is -2.41. The maximum Gasteiger partial charge on any atom is 0.170 e. The van der Waals surface area contributed by atoms with Gasteiger partial charge in [0.15, 0.2) is 6.40 Å². The Labute approximate surface area is 54.1 Å². The van der Waals surface area contributed by atoms with Gasteiger partial charge in [-0.05, 0) is 13.0 Å². The van der Waals surface area contributed by atoms with E-state index in [9.17, 15) is 0 Å².